The van der Waals surface area contributed by atoms with Gasteiger partial charge in [0.15, 0.2) is 0 Å². The van der Waals surface area contributed by atoms with E-state index in [9.17, 15) is 9.59 Å². The molecule has 3 aromatic carbocycles. The summed E-state index contributed by atoms with van der Waals surface area (Å²) < 4.78 is 10.7. The summed E-state index contributed by atoms with van der Waals surface area (Å²) in [5.74, 6) is 0.784. The van der Waals surface area contributed by atoms with Gasteiger partial charge in [-0.25, -0.2) is 14.8 Å². The van der Waals surface area contributed by atoms with Gasteiger partial charge in [-0.1, -0.05) is 30.3 Å². The Hall–Kier alpha value is -4.98. The van der Waals surface area contributed by atoms with Gasteiger partial charge in [-0.2, -0.15) is 0 Å². The van der Waals surface area contributed by atoms with E-state index in [0.717, 1.165) is 22.7 Å². The van der Waals surface area contributed by atoms with Crippen molar-refractivity contribution in [2.45, 2.75) is 0 Å². The minimum Gasteiger partial charge on any atom is -0.496 e. The first kappa shape index (κ1) is 21.8. The molecule has 1 amide bonds. The molecule has 0 saturated heterocycles. The third kappa shape index (κ3) is 4.72. The summed E-state index contributed by atoms with van der Waals surface area (Å²) in [6.45, 7) is 0. The quantitative estimate of drug-likeness (QED) is 0.330. The van der Waals surface area contributed by atoms with Crippen LogP contribution in [0.2, 0.25) is 0 Å². The number of fused-ring (bicyclic) bond motifs is 1. The number of anilines is 3. The number of hydrogen-bond donors (Lipinski definition) is 2. The summed E-state index contributed by atoms with van der Waals surface area (Å²) in [6, 6.07) is 25.1. The number of rotatable bonds is 6. The minimum atomic E-state index is -0.686. The number of aromatic nitrogens is 2. The van der Waals surface area contributed by atoms with E-state index >= 15 is 0 Å². The third-order valence-electron chi connectivity index (χ3n) is 5.35. The maximum atomic E-state index is 12.7. The Morgan fingerprint density at radius 3 is 2.46 bits per heavy atom. The molecule has 8 heteroatoms. The highest BCUT2D eigenvalue weighted by atomic mass is 16.5. The zero-order valence-corrected chi connectivity index (χ0v) is 18.7. The van der Waals surface area contributed by atoms with Crippen LogP contribution in [0, 0.1) is 0 Å². The Kier molecular flexibility index (Phi) is 5.92. The average molecular weight is 464 g/mol. The number of para-hydroxylation sites is 2. The van der Waals surface area contributed by atoms with Gasteiger partial charge in [0.05, 0.1) is 12.8 Å². The summed E-state index contributed by atoms with van der Waals surface area (Å²) in [6.07, 6.45) is 1.48. The molecule has 0 atom stereocenters. The standard InChI is InChI=1S/C27H20N4O4/c1-34-24-9-5-3-7-20(24)22-15-25(29-16-28-22)30-18-10-12-19(13-11-18)31-26(32)21-14-17-6-2-4-8-23(17)35-27(21)33/h2-16H,1H3,(H,31,32)(H,28,29,30). The highest BCUT2D eigenvalue weighted by Crippen LogP contribution is 2.29. The molecule has 8 nitrogen and oxygen atoms in total. The van der Waals surface area contributed by atoms with Crippen molar-refractivity contribution in [2.75, 3.05) is 17.7 Å². The maximum absolute atomic E-state index is 12.7. The number of benzene rings is 3. The molecule has 0 radical (unpaired) electrons. The minimum absolute atomic E-state index is 0.0595. The van der Waals surface area contributed by atoms with Crippen LogP contribution in [-0.2, 0) is 0 Å². The van der Waals surface area contributed by atoms with Gasteiger partial charge in [0.1, 0.15) is 29.0 Å². The van der Waals surface area contributed by atoms with Gasteiger partial charge in [-0.15, -0.1) is 0 Å². The van der Waals surface area contributed by atoms with Gasteiger partial charge in [0, 0.05) is 28.4 Å². The number of ether oxygens (including phenoxy) is 1. The number of nitrogens with zero attached hydrogens (tertiary/aromatic N) is 2. The van der Waals surface area contributed by atoms with E-state index in [1.54, 1.807) is 49.6 Å². The Morgan fingerprint density at radius 2 is 1.63 bits per heavy atom. The molecular weight excluding hydrogens is 444 g/mol. The van der Waals surface area contributed by atoms with Crippen LogP contribution < -0.4 is 21.0 Å². The molecule has 5 aromatic rings. The highest BCUT2D eigenvalue weighted by molar-refractivity contribution is 6.05. The van der Waals surface area contributed by atoms with Crippen molar-refractivity contribution in [1.29, 1.82) is 0 Å². The molecule has 2 N–H and O–H groups in total. The normalized spacial score (nSPS) is 10.7. The molecule has 0 unspecified atom stereocenters. The lowest BCUT2D eigenvalue weighted by Gasteiger charge is -2.10. The molecule has 0 fully saturated rings. The predicted molar refractivity (Wildman–Crippen MR) is 134 cm³/mol. The molecule has 0 spiro atoms. The van der Waals surface area contributed by atoms with Crippen LogP contribution in [0.1, 0.15) is 10.4 Å². The lowest BCUT2D eigenvalue weighted by molar-refractivity contribution is 0.102. The van der Waals surface area contributed by atoms with Gasteiger partial charge in [-0.3, -0.25) is 4.79 Å². The molecule has 5 rings (SSSR count). The molecular formula is C27H20N4O4. The van der Waals surface area contributed by atoms with E-state index in [1.165, 1.54) is 12.4 Å². The lowest BCUT2D eigenvalue weighted by Crippen LogP contribution is -2.20. The summed E-state index contributed by atoms with van der Waals surface area (Å²) >= 11 is 0. The van der Waals surface area contributed by atoms with Crippen molar-refractivity contribution in [3.63, 3.8) is 0 Å². The first-order valence-corrected chi connectivity index (χ1v) is 10.8. The lowest BCUT2D eigenvalue weighted by atomic mass is 10.1. The van der Waals surface area contributed by atoms with Crippen LogP contribution >= 0.6 is 0 Å². The van der Waals surface area contributed by atoms with Crippen LogP contribution in [0.4, 0.5) is 17.2 Å². The second-order valence-corrected chi connectivity index (χ2v) is 7.63. The van der Waals surface area contributed by atoms with Gasteiger partial charge in [0.2, 0.25) is 0 Å². The van der Waals surface area contributed by atoms with Crippen LogP contribution in [0.3, 0.4) is 0 Å². The fraction of sp³-hybridized carbons (Fsp3) is 0.0370. The monoisotopic (exact) mass is 464 g/mol. The largest absolute Gasteiger partial charge is 0.496 e. The molecule has 2 heterocycles. The summed E-state index contributed by atoms with van der Waals surface area (Å²) in [5, 5.41) is 6.63. The van der Waals surface area contributed by atoms with Crippen molar-refractivity contribution in [3.8, 4) is 17.0 Å². The smallest absolute Gasteiger partial charge is 0.349 e. The second-order valence-electron chi connectivity index (χ2n) is 7.63. The number of methoxy groups -OCH3 is 1. The Bertz CT molecular complexity index is 1580. The van der Waals surface area contributed by atoms with E-state index in [2.05, 4.69) is 20.6 Å². The number of carbonyl (C=O) groups excluding carboxylic acids is 1. The number of amides is 1. The summed E-state index contributed by atoms with van der Waals surface area (Å²) in [5.41, 5.74) is 2.56. The van der Waals surface area contributed by atoms with Crippen LogP contribution in [0.15, 0.2) is 100 Å². The zero-order valence-electron chi connectivity index (χ0n) is 18.7. The molecule has 2 aromatic heterocycles. The average Bonchev–Trinajstić information content (AvgIpc) is 2.89. The fourth-order valence-electron chi connectivity index (χ4n) is 3.63. The van der Waals surface area contributed by atoms with Gasteiger partial charge in [0.25, 0.3) is 5.91 Å². The summed E-state index contributed by atoms with van der Waals surface area (Å²) in [7, 11) is 1.62. The Morgan fingerprint density at radius 1 is 0.886 bits per heavy atom. The van der Waals surface area contributed by atoms with Crippen LogP contribution in [0.5, 0.6) is 5.75 Å². The van der Waals surface area contributed by atoms with Crippen molar-refractivity contribution in [2.24, 2.45) is 0 Å². The molecule has 0 bridgehead atoms. The fourth-order valence-corrected chi connectivity index (χ4v) is 3.63. The van der Waals surface area contributed by atoms with Crippen LogP contribution in [-0.4, -0.2) is 23.0 Å². The van der Waals surface area contributed by atoms with Gasteiger partial charge >= 0.3 is 5.63 Å². The van der Waals surface area contributed by atoms with Crippen molar-refractivity contribution >= 4 is 34.1 Å². The van der Waals surface area contributed by atoms with E-state index in [-0.39, 0.29) is 5.56 Å². The predicted octanol–water partition coefficient (Wildman–Crippen LogP) is 5.25. The zero-order chi connectivity index (χ0) is 24.2. The van der Waals surface area contributed by atoms with E-state index in [0.29, 0.717) is 22.5 Å². The SMILES string of the molecule is COc1ccccc1-c1cc(Nc2ccc(NC(=O)c3cc4ccccc4oc3=O)cc2)ncn1. The Balaban J connectivity index is 1.31. The molecule has 0 aliphatic rings. The van der Waals surface area contributed by atoms with Crippen molar-refractivity contribution < 1.29 is 13.9 Å². The molecule has 0 saturated carbocycles. The second kappa shape index (κ2) is 9.48. The Labute approximate surface area is 200 Å². The van der Waals surface area contributed by atoms with Crippen molar-refractivity contribution in [3.05, 3.63) is 107 Å². The first-order valence-electron chi connectivity index (χ1n) is 10.8. The number of nitrogens with one attached hydrogen (secondary N) is 2. The summed E-state index contributed by atoms with van der Waals surface area (Å²) in [4.78, 5) is 33.5. The molecule has 172 valence electrons. The molecule has 35 heavy (non-hydrogen) atoms. The highest BCUT2D eigenvalue weighted by Gasteiger charge is 2.14. The molecule has 0 aliphatic heterocycles. The topological polar surface area (TPSA) is 106 Å². The number of hydrogen-bond acceptors (Lipinski definition) is 7. The van der Waals surface area contributed by atoms with Crippen LogP contribution in [0.25, 0.3) is 22.2 Å². The van der Waals surface area contributed by atoms with Crippen molar-refractivity contribution in [1.82, 2.24) is 9.97 Å². The van der Waals surface area contributed by atoms with E-state index < -0.39 is 11.5 Å². The maximum Gasteiger partial charge on any atom is 0.349 e. The van der Waals surface area contributed by atoms with E-state index in [4.69, 9.17) is 9.15 Å². The van der Waals surface area contributed by atoms with Gasteiger partial charge < -0.3 is 19.8 Å². The van der Waals surface area contributed by atoms with E-state index in [1.807, 2.05) is 36.4 Å². The van der Waals surface area contributed by atoms with Gasteiger partial charge in [-0.05, 0) is 48.5 Å². The first-order chi connectivity index (χ1) is 17.1. The number of carbonyl (C=O) groups is 1. The third-order valence-corrected chi connectivity index (χ3v) is 5.35. The molecule has 0 aliphatic carbocycles.